The number of aromatic amines is 1. The molecular formula is C24H29N3O2S. The number of carbonyl (C=O) groups is 1. The number of fused-ring (bicyclic) bond motifs is 1. The lowest BCUT2D eigenvalue weighted by Gasteiger charge is -2.39. The lowest BCUT2D eigenvalue weighted by atomic mass is 9.68. The summed E-state index contributed by atoms with van der Waals surface area (Å²) in [6.07, 6.45) is 1.30. The van der Waals surface area contributed by atoms with Gasteiger partial charge in [-0.05, 0) is 30.2 Å². The van der Waals surface area contributed by atoms with Gasteiger partial charge in [-0.15, -0.1) is 0 Å². The van der Waals surface area contributed by atoms with Crippen molar-refractivity contribution in [2.24, 2.45) is 11.3 Å². The van der Waals surface area contributed by atoms with Crippen molar-refractivity contribution >= 4 is 23.4 Å². The minimum atomic E-state index is -0.216. The fourth-order valence-electron chi connectivity index (χ4n) is 4.63. The van der Waals surface area contributed by atoms with E-state index in [9.17, 15) is 9.59 Å². The fraction of sp³-hybridized carbons (Fsp3) is 0.458. The average Bonchev–Trinajstić information content (AvgIpc) is 2.63. The number of allylic oxidation sites excluding steroid dienone is 2. The topological polar surface area (TPSA) is 74.8 Å². The molecule has 0 bridgehead atoms. The second-order valence-corrected chi connectivity index (χ2v) is 10.6. The number of thioether (sulfide) groups is 1. The summed E-state index contributed by atoms with van der Waals surface area (Å²) in [7, 11) is 0. The quantitative estimate of drug-likeness (QED) is 0.524. The number of aromatic nitrogens is 2. The Morgan fingerprint density at radius 2 is 2.00 bits per heavy atom. The highest BCUT2D eigenvalue weighted by Crippen LogP contribution is 2.47. The molecule has 5 nitrogen and oxygen atoms in total. The third-order valence-corrected chi connectivity index (χ3v) is 6.81. The SMILES string of the molecule is Cc1cccc(CSc2nc3c(c(=O)[nH]2)C(C(C)C)C2=C(CC(C)(C)CC2=O)N3)c1. The van der Waals surface area contributed by atoms with Gasteiger partial charge in [-0.3, -0.25) is 9.59 Å². The molecule has 4 rings (SSSR count). The van der Waals surface area contributed by atoms with Crippen LogP contribution in [0.15, 0.2) is 45.5 Å². The van der Waals surface area contributed by atoms with Gasteiger partial charge in [-0.1, -0.05) is 69.3 Å². The Hall–Kier alpha value is -2.34. The predicted molar refractivity (Wildman–Crippen MR) is 122 cm³/mol. The first-order chi connectivity index (χ1) is 14.1. The van der Waals surface area contributed by atoms with E-state index in [1.165, 1.54) is 22.9 Å². The molecular weight excluding hydrogens is 394 g/mol. The maximum atomic E-state index is 13.1. The van der Waals surface area contributed by atoms with Crippen LogP contribution in [0.2, 0.25) is 0 Å². The standard InChI is InChI=1S/C24H29N3O2S/c1-13(2)18-19-16(10-24(4,5)11-17(19)28)25-21-20(18)22(29)27-23(26-21)30-12-15-8-6-7-14(3)9-15/h6-9,13,18H,10-12H2,1-5H3,(H2,25,26,27,29). The van der Waals surface area contributed by atoms with Crippen molar-refractivity contribution in [3.63, 3.8) is 0 Å². The van der Waals surface area contributed by atoms with Crippen LogP contribution in [0, 0.1) is 18.3 Å². The molecule has 1 aliphatic heterocycles. The van der Waals surface area contributed by atoms with E-state index in [4.69, 9.17) is 4.98 Å². The molecule has 0 fully saturated rings. The van der Waals surface area contributed by atoms with Crippen molar-refractivity contribution < 1.29 is 4.79 Å². The Kier molecular flexibility index (Phi) is 5.39. The fourth-order valence-corrected chi connectivity index (χ4v) is 5.43. The van der Waals surface area contributed by atoms with Crippen LogP contribution in [0.4, 0.5) is 5.82 Å². The van der Waals surface area contributed by atoms with E-state index < -0.39 is 0 Å². The highest BCUT2D eigenvalue weighted by molar-refractivity contribution is 7.98. The second-order valence-electron chi connectivity index (χ2n) is 9.59. The van der Waals surface area contributed by atoms with Crippen molar-refractivity contribution in [2.75, 3.05) is 5.32 Å². The third-order valence-electron chi connectivity index (χ3n) is 5.87. The average molecular weight is 424 g/mol. The van der Waals surface area contributed by atoms with Crippen molar-refractivity contribution in [1.29, 1.82) is 0 Å². The molecule has 0 amide bonds. The highest BCUT2D eigenvalue weighted by atomic mass is 32.2. The van der Waals surface area contributed by atoms with Gasteiger partial charge < -0.3 is 10.3 Å². The van der Waals surface area contributed by atoms with Gasteiger partial charge in [0.15, 0.2) is 10.9 Å². The summed E-state index contributed by atoms with van der Waals surface area (Å²) >= 11 is 1.52. The summed E-state index contributed by atoms with van der Waals surface area (Å²) < 4.78 is 0. The minimum Gasteiger partial charge on any atom is -0.343 e. The number of anilines is 1. The number of nitrogens with one attached hydrogen (secondary N) is 2. The molecule has 30 heavy (non-hydrogen) atoms. The number of carbonyl (C=O) groups excluding carboxylic acids is 1. The van der Waals surface area contributed by atoms with Crippen LogP contribution in [0.3, 0.4) is 0 Å². The lowest BCUT2D eigenvalue weighted by Crippen LogP contribution is -2.38. The molecule has 2 aromatic rings. The van der Waals surface area contributed by atoms with Crippen molar-refractivity contribution in [1.82, 2.24) is 9.97 Å². The number of rotatable bonds is 4. The lowest BCUT2D eigenvalue weighted by molar-refractivity contribution is -0.118. The Balaban J connectivity index is 1.70. The largest absolute Gasteiger partial charge is 0.343 e. The van der Waals surface area contributed by atoms with Crippen molar-refractivity contribution in [3.8, 4) is 0 Å². The van der Waals surface area contributed by atoms with E-state index in [-0.39, 0.29) is 28.6 Å². The molecule has 1 unspecified atom stereocenters. The number of aryl methyl sites for hydroxylation is 1. The normalized spacial score (nSPS) is 20.1. The Labute approximate surface area is 181 Å². The molecule has 0 saturated heterocycles. The van der Waals surface area contributed by atoms with E-state index in [0.29, 0.717) is 23.0 Å². The Morgan fingerprint density at radius 3 is 2.70 bits per heavy atom. The molecule has 2 aliphatic rings. The van der Waals surface area contributed by atoms with Gasteiger partial charge >= 0.3 is 0 Å². The van der Waals surface area contributed by atoms with E-state index in [0.717, 1.165) is 23.4 Å². The molecule has 2 N–H and O–H groups in total. The van der Waals surface area contributed by atoms with Gasteiger partial charge in [-0.2, -0.15) is 0 Å². The molecule has 6 heteroatoms. The maximum Gasteiger partial charge on any atom is 0.257 e. The molecule has 1 aromatic carbocycles. The predicted octanol–water partition coefficient (Wildman–Crippen LogP) is 5.18. The van der Waals surface area contributed by atoms with E-state index in [1.54, 1.807) is 0 Å². The van der Waals surface area contributed by atoms with Crippen molar-refractivity contribution in [2.45, 2.75) is 64.3 Å². The molecule has 2 heterocycles. The number of ketones is 1. The van der Waals surface area contributed by atoms with Crippen LogP contribution in [-0.2, 0) is 10.5 Å². The zero-order valence-electron chi connectivity index (χ0n) is 18.3. The Bertz CT molecular complexity index is 1100. The summed E-state index contributed by atoms with van der Waals surface area (Å²) in [5, 5.41) is 3.97. The van der Waals surface area contributed by atoms with Gasteiger partial charge in [0.1, 0.15) is 5.82 Å². The van der Waals surface area contributed by atoms with Crippen LogP contribution in [0.25, 0.3) is 0 Å². The Morgan fingerprint density at radius 1 is 1.23 bits per heavy atom. The molecule has 0 saturated carbocycles. The van der Waals surface area contributed by atoms with Gasteiger partial charge in [-0.25, -0.2) is 4.98 Å². The number of hydrogen-bond acceptors (Lipinski definition) is 5. The highest BCUT2D eigenvalue weighted by Gasteiger charge is 2.42. The number of benzene rings is 1. The van der Waals surface area contributed by atoms with Gasteiger partial charge in [0, 0.05) is 29.4 Å². The number of nitrogens with zero attached hydrogens (tertiary/aromatic N) is 1. The van der Waals surface area contributed by atoms with Crippen LogP contribution >= 0.6 is 11.8 Å². The minimum absolute atomic E-state index is 0.0914. The number of hydrogen-bond donors (Lipinski definition) is 2. The summed E-state index contributed by atoms with van der Waals surface area (Å²) in [5.74, 6) is 1.40. The third kappa shape index (κ3) is 3.97. The first kappa shape index (κ1) is 20.9. The summed E-state index contributed by atoms with van der Waals surface area (Å²) in [4.78, 5) is 33.8. The molecule has 0 spiro atoms. The molecule has 1 atom stereocenters. The first-order valence-corrected chi connectivity index (χ1v) is 11.5. The molecule has 1 aromatic heterocycles. The summed E-state index contributed by atoms with van der Waals surface area (Å²) in [5.41, 5.74) is 4.48. The first-order valence-electron chi connectivity index (χ1n) is 10.5. The van der Waals surface area contributed by atoms with Gasteiger partial charge in [0.25, 0.3) is 5.56 Å². The van der Waals surface area contributed by atoms with Crippen LogP contribution in [0.1, 0.15) is 63.1 Å². The van der Waals surface area contributed by atoms with Crippen molar-refractivity contribution in [3.05, 3.63) is 62.6 Å². The van der Waals surface area contributed by atoms with Crippen LogP contribution in [-0.4, -0.2) is 15.8 Å². The van der Waals surface area contributed by atoms with Gasteiger partial charge in [0.2, 0.25) is 0 Å². The second kappa shape index (κ2) is 7.73. The maximum absolute atomic E-state index is 13.1. The molecule has 0 radical (unpaired) electrons. The van der Waals surface area contributed by atoms with Gasteiger partial charge in [0.05, 0.1) is 5.56 Å². The van der Waals surface area contributed by atoms with E-state index in [2.05, 4.69) is 63.1 Å². The zero-order valence-corrected chi connectivity index (χ0v) is 19.1. The van der Waals surface area contributed by atoms with Crippen LogP contribution < -0.4 is 10.9 Å². The smallest absolute Gasteiger partial charge is 0.257 e. The van der Waals surface area contributed by atoms with E-state index >= 15 is 0 Å². The van der Waals surface area contributed by atoms with E-state index in [1.807, 2.05) is 6.07 Å². The molecule has 1 aliphatic carbocycles. The monoisotopic (exact) mass is 423 g/mol. The summed E-state index contributed by atoms with van der Waals surface area (Å²) in [6.45, 7) is 10.4. The van der Waals surface area contributed by atoms with Crippen LogP contribution in [0.5, 0.6) is 0 Å². The summed E-state index contributed by atoms with van der Waals surface area (Å²) in [6, 6.07) is 8.33. The number of H-pyrrole nitrogens is 1. The number of Topliss-reactive ketones (excluding diaryl/α,β-unsaturated/α-hetero) is 1. The molecule has 158 valence electrons. The zero-order chi connectivity index (χ0) is 21.6.